The minimum absolute atomic E-state index is 0.139. The first-order valence-corrected chi connectivity index (χ1v) is 9.23. The van der Waals surface area contributed by atoms with E-state index in [-0.39, 0.29) is 5.95 Å². The number of carbonyl (C=O) groups is 1. The van der Waals surface area contributed by atoms with E-state index >= 15 is 0 Å². The molecular weight excluding hydrogens is 436 g/mol. The summed E-state index contributed by atoms with van der Waals surface area (Å²) in [6.45, 7) is 0. The third-order valence-corrected chi connectivity index (χ3v) is 5.17. The number of hydrogen-bond donors (Lipinski definition) is 1. The van der Waals surface area contributed by atoms with Crippen molar-refractivity contribution in [2.75, 3.05) is 5.32 Å². The van der Waals surface area contributed by atoms with Crippen LogP contribution in [0, 0.1) is 17.5 Å². The number of anilines is 1. The third-order valence-electron chi connectivity index (χ3n) is 3.79. The molecule has 4 aromatic rings. The lowest BCUT2D eigenvalue weighted by Crippen LogP contribution is -2.16. The molecule has 0 radical (unpaired) electrons. The van der Waals surface area contributed by atoms with Crippen LogP contribution in [-0.2, 0) is 0 Å². The summed E-state index contributed by atoms with van der Waals surface area (Å²) < 4.78 is 41.6. The molecule has 0 aliphatic rings. The molecule has 0 saturated carbocycles. The average Bonchev–Trinajstić information content (AvgIpc) is 3.22. The lowest BCUT2D eigenvalue weighted by molar-refractivity contribution is 0.102. The third kappa shape index (κ3) is 3.21. The number of amides is 1. The second-order valence-corrected chi connectivity index (χ2v) is 7.23. The van der Waals surface area contributed by atoms with E-state index in [1.54, 1.807) is 23.6 Å². The molecule has 1 N–H and O–H groups in total. The topological polar surface area (TPSA) is 59.3 Å². The number of fused-ring (bicyclic) bond motifs is 1. The molecule has 0 bridgehead atoms. The fourth-order valence-electron chi connectivity index (χ4n) is 2.48. The van der Waals surface area contributed by atoms with Crippen LogP contribution in [0.3, 0.4) is 0 Å². The van der Waals surface area contributed by atoms with Crippen LogP contribution in [0.1, 0.15) is 10.4 Å². The highest BCUT2D eigenvalue weighted by Crippen LogP contribution is 2.33. The van der Waals surface area contributed by atoms with Gasteiger partial charge in [0.15, 0.2) is 17.5 Å². The Kier molecular flexibility index (Phi) is 4.74. The van der Waals surface area contributed by atoms with E-state index in [1.807, 2.05) is 0 Å². The molecule has 1 amide bonds. The highest BCUT2D eigenvalue weighted by atomic mass is 35.5. The van der Waals surface area contributed by atoms with Crippen molar-refractivity contribution in [1.29, 1.82) is 0 Å². The van der Waals surface area contributed by atoms with Crippen LogP contribution in [0.15, 0.2) is 35.7 Å². The molecular formula is C17H7Cl2F3N4OS. The van der Waals surface area contributed by atoms with Crippen LogP contribution < -0.4 is 5.32 Å². The quantitative estimate of drug-likeness (QED) is 0.430. The molecule has 0 saturated heterocycles. The van der Waals surface area contributed by atoms with Gasteiger partial charge in [0.05, 0.1) is 16.3 Å². The lowest BCUT2D eigenvalue weighted by Gasteiger charge is -2.04. The van der Waals surface area contributed by atoms with Gasteiger partial charge >= 0.3 is 0 Å². The lowest BCUT2D eigenvalue weighted by atomic mass is 10.2. The van der Waals surface area contributed by atoms with Gasteiger partial charge in [-0.3, -0.25) is 10.1 Å². The average molecular weight is 443 g/mol. The number of hydrogen-bond acceptors (Lipinski definition) is 4. The number of halogens is 5. The predicted octanol–water partition coefficient (Wildman–Crippen LogP) is 5.43. The summed E-state index contributed by atoms with van der Waals surface area (Å²) in [5.41, 5.74) is 0.518. The SMILES string of the molecule is O=C(Nc1nc2scc(-c3cc(Cl)ccc3Cl)n2n1)c1ccc(F)c(F)c1F. The van der Waals surface area contributed by atoms with Crippen LogP contribution in [-0.4, -0.2) is 20.5 Å². The number of benzene rings is 2. The maximum absolute atomic E-state index is 13.8. The highest BCUT2D eigenvalue weighted by molar-refractivity contribution is 7.15. The minimum atomic E-state index is -1.73. The standard InChI is InChI=1S/C17H7Cl2F3N4OS/c18-7-1-3-10(19)9(5-7)12-6-28-17-24-16(25-26(12)17)23-15(27)8-2-4-11(20)14(22)13(8)21/h1-6H,(H,23,25,27). The van der Waals surface area contributed by atoms with E-state index in [4.69, 9.17) is 23.2 Å². The van der Waals surface area contributed by atoms with Crippen LogP contribution in [0.25, 0.3) is 16.2 Å². The first-order chi connectivity index (χ1) is 13.3. The maximum atomic E-state index is 13.8. The van der Waals surface area contributed by atoms with Gasteiger partial charge in [-0.1, -0.05) is 23.2 Å². The number of rotatable bonds is 3. The normalized spacial score (nSPS) is 11.2. The van der Waals surface area contributed by atoms with Crippen LogP contribution in [0.5, 0.6) is 0 Å². The van der Waals surface area contributed by atoms with Crippen LogP contribution >= 0.6 is 34.5 Å². The molecule has 0 spiro atoms. The summed E-state index contributed by atoms with van der Waals surface area (Å²) >= 11 is 13.5. The Morgan fingerprint density at radius 3 is 2.68 bits per heavy atom. The monoisotopic (exact) mass is 442 g/mol. The Bertz CT molecular complexity index is 1240. The zero-order valence-electron chi connectivity index (χ0n) is 13.5. The van der Waals surface area contributed by atoms with Crippen LogP contribution in [0.4, 0.5) is 19.1 Å². The van der Waals surface area contributed by atoms with Gasteiger partial charge in [-0.25, -0.2) is 17.7 Å². The number of aromatic nitrogens is 3. The molecule has 142 valence electrons. The van der Waals surface area contributed by atoms with E-state index in [1.165, 1.54) is 15.9 Å². The van der Waals surface area contributed by atoms with Gasteiger partial charge in [0, 0.05) is 16.0 Å². The molecule has 2 aromatic heterocycles. The molecule has 2 aromatic carbocycles. The van der Waals surface area contributed by atoms with Crippen molar-refractivity contribution >= 4 is 51.4 Å². The molecule has 2 heterocycles. The molecule has 4 rings (SSSR count). The smallest absolute Gasteiger partial charge is 0.261 e. The number of nitrogens with zero attached hydrogens (tertiary/aromatic N) is 3. The Morgan fingerprint density at radius 1 is 1.11 bits per heavy atom. The fraction of sp³-hybridized carbons (Fsp3) is 0. The zero-order valence-corrected chi connectivity index (χ0v) is 15.8. The van der Waals surface area contributed by atoms with Crippen molar-refractivity contribution in [2.45, 2.75) is 0 Å². The summed E-state index contributed by atoms with van der Waals surface area (Å²) in [7, 11) is 0. The van der Waals surface area contributed by atoms with Gasteiger partial charge in [0.25, 0.3) is 11.9 Å². The van der Waals surface area contributed by atoms with Crippen molar-refractivity contribution in [3.8, 4) is 11.3 Å². The first kappa shape index (κ1) is 18.7. The second-order valence-electron chi connectivity index (χ2n) is 5.55. The minimum Gasteiger partial charge on any atom is -0.289 e. The van der Waals surface area contributed by atoms with Crippen molar-refractivity contribution in [3.63, 3.8) is 0 Å². The van der Waals surface area contributed by atoms with Gasteiger partial charge in [0.2, 0.25) is 4.96 Å². The Hall–Kier alpha value is -2.62. The van der Waals surface area contributed by atoms with Gasteiger partial charge in [0.1, 0.15) is 0 Å². The van der Waals surface area contributed by atoms with Crippen LogP contribution in [0.2, 0.25) is 10.0 Å². The summed E-state index contributed by atoms with van der Waals surface area (Å²) in [6, 6.07) is 6.42. The molecule has 0 aliphatic carbocycles. The highest BCUT2D eigenvalue weighted by Gasteiger charge is 2.21. The molecule has 0 unspecified atom stereocenters. The van der Waals surface area contributed by atoms with Crippen molar-refractivity contribution in [1.82, 2.24) is 14.6 Å². The first-order valence-electron chi connectivity index (χ1n) is 7.59. The van der Waals surface area contributed by atoms with E-state index in [9.17, 15) is 18.0 Å². The molecule has 0 atom stereocenters. The number of carbonyl (C=O) groups excluding carboxylic acids is 1. The van der Waals surface area contributed by atoms with Gasteiger partial charge < -0.3 is 0 Å². The van der Waals surface area contributed by atoms with E-state index in [0.29, 0.717) is 32.3 Å². The Labute approximate surface area is 169 Å². The van der Waals surface area contributed by atoms with E-state index in [0.717, 1.165) is 6.07 Å². The fourth-order valence-corrected chi connectivity index (χ4v) is 3.69. The van der Waals surface area contributed by atoms with Crippen molar-refractivity contribution in [3.05, 3.63) is 68.8 Å². The largest absolute Gasteiger partial charge is 0.289 e. The van der Waals surface area contributed by atoms with Gasteiger partial charge in [-0.2, -0.15) is 4.98 Å². The number of nitrogens with one attached hydrogen (secondary N) is 1. The van der Waals surface area contributed by atoms with Crippen molar-refractivity contribution < 1.29 is 18.0 Å². The molecule has 0 aliphatic heterocycles. The number of thiazole rings is 1. The Morgan fingerprint density at radius 2 is 1.89 bits per heavy atom. The summed E-state index contributed by atoms with van der Waals surface area (Å²) in [5, 5.41) is 9.08. The van der Waals surface area contributed by atoms with Crippen molar-refractivity contribution in [2.24, 2.45) is 0 Å². The van der Waals surface area contributed by atoms with Gasteiger partial charge in [-0.05, 0) is 30.3 Å². The second kappa shape index (κ2) is 7.08. The Balaban J connectivity index is 1.68. The summed E-state index contributed by atoms with van der Waals surface area (Å²) in [4.78, 5) is 16.7. The van der Waals surface area contributed by atoms with E-state index < -0.39 is 28.9 Å². The van der Waals surface area contributed by atoms with E-state index in [2.05, 4.69) is 15.4 Å². The van der Waals surface area contributed by atoms with Gasteiger partial charge in [-0.15, -0.1) is 16.4 Å². The molecule has 0 fully saturated rings. The summed E-state index contributed by atoms with van der Waals surface area (Å²) in [6.07, 6.45) is 0. The molecule has 5 nitrogen and oxygen atoms in total. The molecule has 11 heteroatoms. The predicted molar refractivity (Wildman–Crippen MR) is 101 cm³/mol. The zero-order chi connectivity index (χ0) is 20.0. The summed E-state index contributed by atoms with van der Waals surface area (Å²) in [5.74, 6) is -5.87. The maximum Gasteiger partial charge on any atom is 0.261 e. The molecule has 28 heavy (non-hydrogen) atoms.